The average Bonchev–Trinajstić information content (AvgIpc) is 2.40. The smallest absolute Gasteiger partial charge is 0.252 e. The van der Waals surface area contributed by atoms with Gasteiger partial charge in [0.05, 0.1) is 5.56 Å². The molecule has 0 fully saturated rings. The number of carbonyl (C=O) groups excluding carboxylic acids is 1. The number of amides is 1. The second kappa shape index (κ2) is 6.21. The maximum absolute atomic E-state index is 12.1. The molecule has 0 saturated carbocycles. The Hall–Kier alpha value is -1.33. The molecule has 5 heteroatoms. The number of nitrogen functional groups attached to an aromatic ring is 1. The van der Waals surface area contributed by atoms with Gasteiger partial charge in [-0.15, -0.1) is 0 Å². The molecule has 0 unspecified atom stereocenters. The van der Waals surface area contributed by atoms with Crippen molar-refractivity contribution in [2.45, 2.75) is 6.54 Å². The molecule has 0 bridgehead atoms. The molecule has 2 aromatic carbocycles. The van der Waals surface area contributed by atoms with Gasteiger partial charge in [-0.2, -0.15) is 0 Å². The lowest BCUT2D eigenvalue weighted by molar-refractivity contribution is 0.0950. The minimum Gasteiger partial charge on any atom is -0.399 e. The van der Waals surface area contributed by atoms with Crippen molar-refractivity contribution in [3.8, 4) is 0 Å². The number of nitrogens with two attached hydrogens (primary N) is 1. The molecule has 19 heavy (non-hydrogen) atoms. The predicted molar refractivity (Wildman–Crippen MR) is 83.9 cm³/mol. The zero-order valence-corrected chi connectivity index (χ0v) is 13.2. The van der Waals surface area contributed by atoms with E-state index in [2.05, 4.69) is 37.2 Å². The number of halogens is 2. The van der Waals surface area contributed by atoms with E-state index in [1.54, 1.807) is 18.2 Å². The summed E-state index contributed by atoms with van der Waals surface area (Å²) in [6.45, 7) is 0.460. The van der Waals surface area contributed by atoms with Crippen LogP contribution in [-0.4, -0.2) is 5.91 Å². The zero-order chi connectivity index (χ0) is 13.8. The molecular formula is C14H12Br2N2O. The standard InChI is InChI=1S/C14H12Br2N2O/c15-12-4-2-1-3-9(12)8-18-14(19)11-7-10(17)5-6-13(11)16/h1-7H,8,17H2,(H,18,19). The van der Waals surface area contributed by atoms with E-state index < -0.39 is 0 Å². The number of nitrogens with one attached hydrogen (secondary N) is 1. The Morgan fingerprint density at radius 3 is 2.58 bits per heavy atom. The number of hydrogen-bond donors (Lipinski definition) is 2. The highest BCUT2D eigenvalue weighted by atomic mass is 79.9. The van der Waals surface area contributed by atoms with E-state index in [4.69, 9.17) is 5.73 Å². The van der Waals surface area contributed by atoms with Gasteiger partial charge in [-0.05, 0) is 45.8 Å². The normalized spacial score (nSPS) is 10.2. The first-order valence-corrected chi connectivity index (χ1v) is 7.23. The summed E-state index contributed by atoms with van der Waals surface area (Å²) in [4.78, 5) is 12.1. The van der Waals surface area contributed by atoms with Crippen LogP contribution in [0, 0.1) is 0 Å². The van der Waals surface area contributed by atoms with Gasteiger partial charge < -0.3 is 11.1 Å². The highest BCUT2D eigenvalue weighted by Gasteiger charge is 2.10. The maximum Gasteiger partial charge on any atom is 0.252 e. The van der Waals surface area contributed by atoms with Gasteiger partial charge in [-0.1, -0.05) is 34.1 Å². The third-order valence-electron chi connectivity index (χ3n) is 2.63. The van der Waals surface area contributed by atoms with Gasteiger partial charge in [-0.25, -0.2) is 0 Å². The summed E-state index contributed by atoms with van der Waals surface area (Å²) < 4.78 is 1.70. The van der Waals surface area contributed by atoms with Crippen LogP contribution < -0.4 is 11.1 Å². The van der Waals surface area contributed by atoms with E-state index in [0.717, 1.165) is 14.5 Å². The number of hydrogen-bond acceptors (Lipinski definition) is 2. The minimum absolute atomic E-state index is 0.157. The summed E-state index contributed by atoms with van der Waals surface area (Å²) >= 11 is 6.79. The summed E-state index contributed by atoms with van der Waals surface area (Å²) in [5.41, 5.74) is 7.81. The average molecular weight is 384 g/mol. The van der Waals surface area contributed by atoms with Gasteiger partial charge in [0.1, 0.15) is 0 Å². The molecule has 0 heterocycles. The van der Waals surface area contributed by atoms with Crippen LogP contribution in [0.5, 0.6) is 0 Å². The quantitative estimate of drug-likeness (QED) is 0.793. The summed E-state index contributed by atoms with van der Waals surface area (Å²) in [5.74, 6) is -0.157. The van der Waals surface area contributed by atoms with Crippen LogP contribution in [-0.2, 0) is 6.54 Å². The molecule has 2 aromatic rings. The van der Waals surface area contributed by atoms with Crippen LogP contribution in [0.15, 0.2) is 51.4 Å². The van der Waals surface area contributed by atoms with Gasteiger partial charge >= 0.3 is 0 Å². The van der Waals surface area contributed by atoms with Crippen molar-refractivity contribution < 1.29 is 4.79 Å². The van der Waals surface area contributed by atoms with E-state index in [0.29, 0.717) is 17.8 Å². The molecule has 0 aromatic heterocycles. The molecule has 0 aliphatic heterocycles. The van der Waals surface area contributed by atoms with Gasteiger partial charge in [0.2, 0.25) is 0 Å². The minimum atomic E-state index is -0.157. The van der Waals surface area contributed by atoms with Gasteiger partial charge in [0.15, 0.2) is 0 Å². The summed E-state index contributed by atoms with van der Waals surface area (Å²) in [6, 6.07) is 12.9. The highest BCUT2D eigenvalue weighted by molar-refractivity contribution is 9.10. The first kappa shape index (κ1) is 14.1. The monoisotopic (exact) mass is 382 g/mol. The molecule has 0 radical (unpaired) electrons. The van der Waals surface area contributed by atoms with E-state index in [1.165, 1.54) is 0 Å². The zero-order valence-electron chi connectivity index (χ0n) is 9.99. The number of carbonyl (C=O) groups is 1. The third kappa shape index (κ3) is 3.58. The fraction of sp³-hybridized carbons (Fsp3) is 0.0714. The van der Waals surface area contributed by atoms with Crippen LogP contribution in [0.4, 0.5) is 5.69 Å². The Morgan fingerprint density at radius 1 is 1.11 bits per heavy atom. The Labute approximate surface area is 128 Å². The van der Waals surface area contributed by atoms with Crippen molar-refractivity contribution in [2.75, 3.05) is 5.73 Å². The second-order valence-corrected chi connectivity index (χ2v) is 5.72. The molecule has 2 rings (SSSR count). The molecule has 3 nitrogen and oxygen atoms in total. The Kier molecular flexibility index (Phi) is 4.61. The van der Waals surface area contributed by atoms with Crippen molar-refractivity contribution in [2.24, 2.45) is 0 Å². The lowest BCUT2D eigenvalue weighted by Crippen LogP contribution is -2.23. The molecule has 0 saturated heterocycles. The molecule has 98 valence electrons. The van der Waals surface area contributed by atoms with Crippen LogP contribution in [0.25, 0.3) is 0 Å². The largest absolute Gasteiger partial charge is 0.399 e. The fourth-order valence-electron chi connectivity index (χ4n) is 1.63. The first-order valence-electron chi connectivity index (χ1n) is 5.64. The van der Waals surface area contributed by atoms with Crippen LogP contribution >= 0.6 is 31.9 Å². The van der Waals surface area contributed by atoms with Gasteiger partial charge in [-0.3, -0.25) is 4.79 Å². The lowest BCUT2D eigenvalue weighted by atomic mass is 10.1. The lowest BCUT2D eigenvalue weighted by Gasteiger charge is -2.09. The SMILES string of the molecule is Nc1ccc(Br)c(C(=O)NCc2ccccc2Br)c1. The van der Waals surface area contributed by atoms with Crippen molar-refractivity contribution in [3.63, 3.8) is 0 Å². The van der Waals surface area contributed by atoms with Crippen molar-refractivity contribution >= 4 is 43.5 Å². The van der Waals surface area contributed by atoms with E-state index in [9.17, 15) is 4.79 Å². The van der Waals surface area contributed by atoms with Gasteiger partial charge in [0, 0.05) is 21.2 Å². The Balaban J connectivity index is 2.10. The van der Waals surface area contributed by atoms with Crippen molar-refractivity contribution in [1.82, 2.24) is 5.32 Å². The molecule has 0 aliphatic carbocycles. The number of benzene rings is 2. The first-order chi connectivity index (χ1) is 9.08. The number of rotatable bonds is 3. The fourth-order valence-corrected chi connectivity index (χ4v) is 2.48. The van der Waals surface area contributed by atoms with Gasteiger partial charge in [0.25, 0.3) is 5.91 Å². The van der Waals surface area contributed by atoms with Crippen LogP contribution in [0.2, 0.25) is 0 Å². The van der Waals surface area contributed by atoms with Crippen molar-refractivity contribution in [3.05, 3.63) is 62.5 Å². The Morgan fingerprint density at radius 2 is 1.84 bits per heavy atom. The summed E-state index contributed by atoms with van der Waals surface area (Å²) in [5, 5.41) is 2.87. The number of anilines is 1. The molecule has 0 aliphatic rings. The van der Waals surface area contributed by atoms with Crippen molar-refractivity contribution in [1.29, 1.82) is 0 Å². The summed E-state index contributed by atoms with van der Waals surface area (Å²) in [7, 11) is 0. The molecule has 3 N–H and O–H groups in total. The van der Waals surface area contributed by atoms with E-state index in [-0.39, 0.29) is 5.91 Å². The third-order valence-corrected chi connectivity index (χ3v) is 4.10. The molecular weight excluding hydrogens is 372 g/mol. The molecule has 0 spiro atoms. The topological polar surface area (TPSA) is 55.1 Å². The Bertz CT molecular complexity index is 614. The predicted octanol–water partition coefficient (Wildman–Crippen LogP) is 3.72. The van der Waals surface area contributed by atoms with Crippen LogP contribution in [0.3, 0.4) is 0 Å². The second-order valence-electron chi connectivity index (χ2n) is 4.01. The molecule has 0 atom stereocenters. The summed E-state index contributed by atoms with van der Waals surface area (Å²) in [6.07, 6.45) is 0. The van der Waals surface area contributed by atoms with E-state index in [1.807, 2.05) is 24.3 Å². The van der Waals surface area contributed by atoms with E-state index >= 15 is 0 Å². The van der Waals surface area contributed by atoms with Crippen LogP contribution in [0.1, 0.15) is 15.9 Å². The highest BCUT2D eigenvalue weighted by Crippen LogP contribution is 2.20. The maximum atomic E-state index is 12.1. The molecule has 1 amide bonds.